The van der Waals surface area contributed by atoms with Gasteiger partial charge in [-0.05, 0) is 38.7 Å². The molecular weight excluding hydrogens is 234 g/mol. The van der Waals surface area contributed by atoms with Gasteiger partial charge in [-0.2, -0.15) is 0 Å². The molecule has 98 valence electrons. The number of fused-ring (bicyclic) bond motifs is 1. The van der Waals surface area contributed by atoms with Crippen molar-refractivity contribution in [2.45, 2.75) is 6.42 Å². The minimum absolute atomic E-state index is 0.205. The third-order valence-corrected chi connectivity index (χ3v) is 2.59. The van der Waals surface area contributed by atoms with Crippen LogP contribution in [-0.4, -0.2) is 44.9 Å². The Morgan fingerprint density at radius 3 is 2.89 bits per heavy atom. The molecule has 0 radical (unpaired) electrons. The van der Waals surface area contributed by atoms with Crippen molar-refractivity contribution in [1.82, 2.24) is 4.90 Å². The lowest BCUT2D eigenvalue weighted by Crippen LogP contribution is -2.16. The number of nitrogens with zero attached hydrogens (tertiary/aromatic N) is 1. The molecule has 0 bridgehead atoms. The van der Waals surface area contributed by atoms with Crippen LogP contribution in [0.25, 0.3) is 0 Å². The molecule has 5 heteroatoms. The molecule has 0 saturated carbocycles. The fourth-order valence-corrected chi connectivity index (χ4v) is 1.65. The first-order chi connectivity index (χ1) is 8.66. The number of benzene rings is 1. The summed E-state index contributed by atoms with van der Waals surface area (Å²) in [6.45, 7) is 1.52. The highest BCUT2D eigenvalue weighted by Crippen LogP contribution is 2.32. The Kier molecular flexibility index (Phi) is 4.04. The van der Waals surface area contributed by atoms with E-state index in [-0.39, 0.29) is 12.8 Å². The molecule has 0 N–H and O–H groups in total. The van der Waals surface area contributed by atoms with Gasteiger partial charge in [0, 0.05) is 6.54 Å². The van der Waals surface area contributed by atoms with E-state index in [4.69, 9.17) is 14.2 Å². The molecule has 0 atom stereocenters. The summed E-state index contributed by atoms with van der Waals surface area (Å²) in [7, 11) is 3.97. The van der Waals surface area contributed by atoms with Crippen LogP contribution >= 0.6 is 0 Å². The van der Waals surface area contributed by atoms with Crippen LogP contribution in [0.1, 0.15) is 16.8 Å². The lowest BCUT2D eigenvalue weighted by Gasteiger charge is -2.09. The van der Waals surface area contributed by atoms with Gasteiger partial charge in [0.15, 0.2) is 11.5 Å². The Labute approximate surface area is 106 Å². The van der Waals surface area contributed by atoms with Crippen LogP contribution in [0, 0.1) is 0 Å². The molecule has 1 aliphatic rings. The van der Waals surface area contributed by atoms with Gasteiger partial charge in [0.25, 0.3) is 0 Å². The quantitative estimate of drug-likeness (QED) is 0.586. The van der Waals surface area contributed by atoms with Gasteiger partial charge in [-0.15, -0.1) is 0 Å². The largest absolute Gasteiger partial charge is 0.462 e. The van der Waals surface area contributed by atoms with E-state index in [0.29, 0.717) is 23.7 Å². The summed E-state index contributed by atoms with van der Waals surface area (Å²) in [6.07, 6.45) is 0.823. The van der Waals surface area contributed by atoms with Gasteiger partial charge in [-0.3, -0.25) is 0 Å². The average molecular weight is 251 g/mol. The highest BCUT2D eigenvalue weighted by Gasteiger charge is 2.16. The molecule has 1 aromatic carbocycles. The van der Waals surface area contributed by atoms with Crippen LogP contribution in [0.2, 0.25) is 0 Å². The Hall–Kier alpha value is -1.75. The Balaban J connectivity index is 1.85. The SMILES string of the molecule is CN(C)CCCOC(=O)c1ccc2c(c1)OCO2. The van der Waals surface area contributed by atoms with E-state index >= 15 is 0 Å². The maximum absolute atomic E-state index is 11.8. The lowest BCUT2D eigenvalue weighted by molar-refractivity contribution is 0.0493. The minimum Gasteiger partial charge on any atom is -0.462 e. The van der Waals surface area contributed by atoms with E-state index in [1.807, 2.05) is 14.1 Å². The maximum Gasteiger partial charge on any atom is 0.338 e. The van der Waals surface area contributed by atoms with E-state index in [1.165, 1.54) is 0 Å². The number of ether oxygens (including phenoxy) is 3. The monoisotopic (exact) mass is 251 g/mol. The van der Waals surface area contributed by atoms with Crippen LogP contribution in [0.5, 0.6) is 11.5 Å². The van der Waals surface area contributed by atoms with Crippen molar-refractivity contribution in [2.24, 2.45) is 0 Å². The molecule has 1 aromatic rings. The van der Waals surface area contributed by atoms with Crippen molar-refractivity contribution < 1.29 is 19.0 Å². The van der Waals surface area contributed by atoms with Gasteiger partial charge in [0.05, 0.1) is 12.2 Å². The standard InChI is InChI=1S/C13H17NO4/c1-14(2)6-3-7-16-13(15)10-4-5-11-12(8-10)18-9-17-11/h4-5,8H,3,6-7,9H2,1-2H3. The molecule has 0 aliphatic carbocycles. The number of esters is 1. The molecule has 0 unspecified atom stereocenters. The number of hydrogen-bond donors (Lipinski definition) is 0. The van der Waals surface area contributed by atoms with Crippen molar-refractivity contribution in [3.05, 3.63) is 23.8 Å². The molecule has 5 nitrogen and oxygen atoms in total. The number of rotatable bonds is 5. The third-order valence-electron chi connectivity index (χ3n) is 2.59. The van der Waals surface area contributed by atoms with Crippen molar-refractivity contribution in [3.8, 4) is 11.5 Å². The highest BCUT2D eigenvalue weighted by molar-refractivity contribution is 5.90. The van der Waals surface area contributed by atoms with Gasteiger partial charge >= 0.3 is 5.97 Å². The van der Waals surface area contributed by atoms with Gasteiger partial charge in [0.2, 0.25) is 6.79 Å². The van der Waals surface area contributed by atoms with Gasteiger partial charge in [-0.1, -0.05) is 0 Å². The fraction of sp³-hybridized carbons (Fsp3) is 0.462. The molecule has 2 rings (SSSR count). The minimum atomic E-state index is -0.327. The van der Waals surface area contributed by atoms with E-state index in [9.17, 15) is 4.79 Å². The molecule has 18 heavy (non-hydrogen) atoms. The third kappa shape index (κ3) is 3.13. The summed E-state index contributed by atoms with van der Waals surface area (Å²) in [6, 6.07) is 5.05. The van der Waals surface area contributed by atoms with Gasteiger partial charge in [0.1, 0.15) is 0 Å². The second-order valence-electron chi connectivity index (χ2n) is 4.36. The van der Waals surface area contributed by atoms with E-state index in [0.717, 1.165) is 13.0 Å². The van der Waals surface area contributed by atoms with Crippen molar-refractivity contribution >= 4 is 5.97 Å². The van der Waals surface area contributed by atoms with Gasteiger partial charge in [-0.25, -0.2) is 4.79 Å². The summed E-state index contributed by atoms with van der Waals surface area (Å²) in [5, 5.41) is 0. The summed E-state index contributed by atoms with van der Waals surface area (Å²) in [4.78, 5) is 13.8. The van der Waals surface area contributed by atoms with Crippen molar-refractivity contribution in [1.29, 1.82) is 0 Å². The molecule has 0 fully saturated rings. The maximum atomic E-state index is 11.8. The lowest BCUT2D eigenvalue weighted by atomic mass is 10.2. The topological polar surface area (TPSA) is 48.0 Å². The Morgan fingerprint density at radius 2 is 2.11 bits per heavy atom. The summed E-state index contributed by atoms with van der Waals surface area (Å²) >= 11 is 0. The second-order valence-corrected chi connectivity index (χ2v) is 4.36. The molecule has 0 saturated heterocycles. The molecule has 1 aliphatic heterocycles. The number of carbonyl (C=O) groups is 1. The Morgan fingerprint density at radius 1 is 1.33 bits per heavy atom. The van der Waals surface area contributed by atoms with E-state index in [1.54, 1.807) is 18.2 Å². The summed E-state index contributed by atoms with van der Waals surface area (Å²) in [5.41, 5.74) is 0.490. The number of carbonyl (C=O) groups excluding carboxylic acids is 1. The zero-order valence-electron chi connectivity index (χ0n) is 10.6. The van der Waals surface area contributed by atoms with Crippen molar-refractivity contribution in [3.63, 3.8) is 0 Å². The molecule has 0 aromatic heterocycles. The van der Waals surface area contributed by atoms with Crippen LogP contribution in [0.4, 0.5) is 0 Å². The van der Waals surface area contributed by atoms with E-state index < -0.39 is 0 Å². The molecule has 1 heterocycles. The van der Waals surface area contributed by atoms with Crippen LogP contribution in [0.15, 0.2) is 18.2 Å². The Bertz CT molecular complexity index is 431. The molecular formula is C13H17NO4. The smallest absolute Gasteiger partial charge is 0.338 e. The first-order valence-corrected chi connectivity index (χ1v) is 5.88. The summed E-state index contributed by atoms with van der Waals surface area (Å²) < 4.78 is 15.6. The van der Waals surface area contributed by atoms with E-state index in [2.05, 4.69) is 4.90 Å². The predicted octanol–water partition coefficient (Wildman–Crippen LogP) is 1.52. The van der Waals surface area contributed by atoms with Crippen molar-refractivity contribution in [2.75, 3.05) is 34.0 Å². The average Bonchev–Trinajstić information content (AvgIpc) is 2.81. The molecule has 0 spiro atoms. The molecule has 0 amide bonds. The van der Waals surface area contributed by atoms with Crippen LogP contribution in [-0.2, 0) is 4.74 Å². The number of hydrogen-bond acceptors (Lipinski definition) is 5. The zero-order chi connectivity index (χ0) is 13.0. The second kappa shape index (κ2) is 5.73. The van der Waals surface area contributed by atoms with Crippen LogP contribution < -0.4 is 9.47 Å². The normalized spacial score (nSPS) is 12.8. The predicted molar refractivity (Wildman–Crippen MR) is 66.0 cm³/mol. The van der Waals surface area contributed by atoms with Gasteiger partial charge < -0.3 is 19.1 Å². The summed E-state index contributed by atoms with van der Waals surface area (Å²) in [5.74, 6) is 0.934. The van der Waals surface area contributed by atoms with Crippen LogP contribution in [0.3, 0.4) is 0 Å². The highest BCUT2D eigenvalue weighted by atomic mass is 16.7. The first kappa shape index (κ1) is 12.7. The zero-order valence-corrected chi connectivity index (χ0v) is 10.6. The fourth-order valence-electron chi connectivity index (χ4n) is 1.65. The first-order valence-electron chi connectivity index (χ1n) is 5.88.